The predicted octanol–water partition coefficient (Wildman–Crippen LogP) is 1.98. The zero-order valence-corrected chi connectivity index (χ0v) is 13.2. The monoisotopic (exact) mass is 300 g/mol. The third-order valence-electron chi connectivity index (χ3n) is 2.30. The lowest BCUT2D eigenvalue weighted by Crippen LogP contribution is -2.25. The van der Waals surface area contributed by atoms with E-state index in [-0.39, 0.29) is 31.0 Å². The smallest absolute Gasteiger partial charge is 0.313 e. The second kappa shape index (κ2) is 9.26. The van der Waals surface area contributed by atoms with Crippen molar-refractivity contribution < 1.29 is 28.7 Å². The Morgan fingerprint density at radius 1 is 0.857 bits per heavy atom. The van der Waals surface area contributed by atoms with Gasteiger partial charge in [-0.05, 0) is 34.1 Å². The Hall–Kier alpha value is -1.72. The first-order chi connectivity index (χ1) is 9.64. The first kappa shape index (κ1) is 19.3. The van der Waals surface area contributed by atoms with E-state index in [0.29, 0.717) is 13.0 Å². The Kier molecular flexibility index (Phi) is 8.50. The van der Waals surface area contributed by atoms with Crippen LogP contribution in [0.1, 0.15) is 59.8 Å². The van der Waals surface area contributed by atoms with E-state index >= 15 is 0 Å². The van der Waals surface area contributed by atoms with Crippen molar-refractivity contribution in [3.05, 3.63) is 0 Å². The van der Waals surface area contributed by atoms with Crippen molar-refractivity contribution in [1.82, 2.24) is 0 Å². The summed E-state index contributed by atoms with van der Waals surface area (Å²) in [5.41, 5.74) is -0.652. The van der Waals surface area contributed by atoms with Crippen LogP contribution in [0.4, 0.5) is 0 Å². The molecule has 0 N–H and O–H groups in total. The van der Waals surface area contributed by atoms with E-state index in [2.05, 4.69) is 0 Å². The van der Waals surface area contributed by atoms with Gasteiger partial charge in [-0.3, -0.25) is 19.2 Å². The number of ether oxygens (including phenoxy) is 2. The molecular formula is C15H24O6. The largest absolute Gasteiger partial charge is 0.466 e. The second-order valence-electron chi connectivity index (χ2n) is 5.68. The Labute approximate surface area is 125 Å². The number of ketones is 2. The van der Waals surface area contributed by atoms with Gasteiger partial charge in [0, 0.05) is 12.8 Å². The Morgan fingerprint density at radius 2 is 1.48 bits per heavy atom. The highest BCUT2D eigenvalue weighted by Crippen LogP contribution is 2.09. The maximum atomic E-state index is 11.5. The van der Waals surface area contributed by atoms with E-state index in [9.17, 15) is 19.2 Å². The molecule has 0 aromatic carbocycles. The van der Waals surface area contributed by atoms with Crippen molar-refractivity contribution in [2.24, 2.45) is 0 Å². The van der Waals surface area contributed by atoms with Crippen LogP contribution in [0.25, 0.3) is 0 Å². The summed E-state index contributed by atoms with van der Waals surface area (Å²) < 4.78 is 9.72. The molecule has 6 nitrogen and oxygen atoms in total. The van der Waals surface area contributed by atoms with Crippen molar-refractivity contribution >= 4 is 23.5 Å². The molecule has 0 radical (unpaired) electrons. The number of carbonyl (C=O) groups excluding carboxylic acids is 4. The predicted molar refractivity (Wildman–Crippen MR) is 75.6 cm³/mol. The summed E-state index contributed by atoms with van der Waals surface area (Å²) in [5, 5.41) is 0. The summed E-state index contributed by atoms with van der Waals surface area (Å²) >= 11 is 0. The van der Waals surface area contributed by atoms with Gasteiger partial charge in [0.1, 0.15) is 17.8 Å². The van der Waals surface area contributed by atoms with Crippen molar-refractivity contribution in [2.75, 3.05) is 6.61 Å². The topological polar surface area (TPSA) is 86.7 Å². The average Bonchev–Trinajstić information content (AvgIpc) is 2.25. The van der Waals surface area contributed by atoms with Gasteiger partial charge in [0.25, 0.3) is 0 Å². The highest BCUT2D eigenvalue weighted by Gasteiger charge is 2.20. The highest BCUT2D eigenvalue weighted by molar-refractivity contribution is 6.05. The molecule has 0 aliphatic heterocycles. The molecule has 0 amide bonds. The normalized spacial score (nSPS) is 10.9. The maximum Gasteiger partial charge on any atom is 0.313 e. The molecule has 0 unspecified atom stereocenters. The van der Waals surface area contributed by atoms with Gasteiger partial charge in [-0.15, -0.1) is 0 Å². The lowest BCUT2D eigenvalue weighted by molar-refractivity contribution is -0.156. The molecule has 120 valence electrons. The number of Topliss-reactive ketones (excluding diaryl/α,β-unsaturated/α-hetero) is 2. The molecule has 0 aromatic heterocycles. The van der Waals surface area contributed by atoms with Gasteiger partial charge in [0.15, 0.2) is 5.78 Å². The molecule has 0 heterocycles. The van der Waals surface area contributed by atoms with E-state index in [1.54, 1.807) is 27.7 Å². The summed E-state index contributed by atoms with van der Waals surface area (Å²) in [6.07, 6.45) is -0.0843. The van der Waals surface area contributed by atoms with E-state index in [1.807, 2.05) is 0 Å². The molecule has 0 saturated heterocycles. The zero-order valence-electron chi connectivity index (χ0n) is 13.2. The Balaban J connectivity index is 3.92. The molecule has 0 aliphatic carbocycles. The lowest BCUT2D eigenvalue weighted by atomic mass is 10.1. The van der Waals surface area contributed by atoms with E-state index < -0.39 is 23.8 Å². The molecule has 0 rings (SSSR count). The van der Waals surface area contributed by atoms with Gasteiger partial charge in [-0.2, -0.15) is 0 Å². The van der Waals surface area contributed by atoms with Crippen LogP contribution in [0.15, 0.2) is 0 Å². The molecule has 0 spiro atoms. The summed E-state index contributed by atoms with van der Waals surface area (Å²) in [6, 6.07) is 0. The SMILES string of the molecule is CCOC(=O)CCCC(=O)CC(=O)CC(=O)OC(C)(C)C. The molecule has 6 heteroatoms. The zero-order chi connectivity index (χ0) is 16.5. The van der Waals surface area contributed by atoms with Crippen LogP contribution < -0.4 is 0 Å². The molecule has 0 bridgehead atoms. The Bertz CT molecular complexity index is 391. The standard InChI is InChI=1S/C15H24O6/c1-5-20-13(18)8-6-7-11(16)9-12(17)10-14(19)21-15(2,3)4/h5-10H2,1-4H3. The van der Waals surface area contributed by atoms with Gasteiger partial charge < -0.3 is 9.47 Å². The minimum atomic E-state index is -0.652. The van der Waals surface area contributed by atoms with Gasteiger partial charge in [-0.25, -0.2) is 0 Å². The van der Waals surface area contributed by atoms with Crippen LogP contribution in [-0.2, 0) is 28.7 Å². The first-order valence-electron chi connectivity index (χ1n) is 7.05. The minimum Gasteiger partial charge on any atom is -0.466 e. The number of hydrogen-bond donors (Lipinski definition) is 0. The summed E-state index contributed by atoms with van der Waals surface area (Å²) in [4.78, 5) is 45.5. The quantitative estimate of drug-likeness (QED) is 0.478. The maximum absolute atomic E-state index is 11.5. The molecule has 0 fully saturated rings. The average molecular weight is 300 g/mol. The molecule has 0 atom stereocenters. The van der Waals surface area contributed by atoms with Gasteiger partial charge in [0.2, 0.25) is 0 Å². The van der Waals surface area contributed by atoms with E-state index in [0.717, 1.165) is 0 Å². The fourth-order valence-electron chi connectivity index (χ4n) is 1.57. The molecular weight excluding hydrogens is 276 g/mol. The molecule has 0 saturated carbocycles. The summed E-state index contributed by atoms with van der Waals surface area (Å²) in [7, 11) is 0. The highest BCUT2D eigenvalue weighted by atomic mass is 16.6. The van der Waals surface area contributed by atoms with Gasteiger partial charge in [0.05, 0.1) is 13.0 Å². The second-order valence-corrected chi connectivity index (χ2v) is 5.68. The number of hydrogen-bond acceptors (Lipinski definition) is 6. The van der Waals surface area contributed by atoms with Crippen LogP contribution >= 0.6 is 0 Å². The number of carbonyl (C=O) groups is 4. The first-order valence-corrected chi connectivity index (χ1v) is 7.05. The minimum absolute atomic E-state index is 0.124. The van der Waals surface area contributed by atoms with Crippen LogP contribution in [0.3, 0.4) is 0 Å². The van der Waals surface area contributed by atoms with E-state index in [4.69, 9.17) is 9.47 Å². The van der Waals surface area contributed by atoms with Crippen LogP contribution in [0, 0.1) is 0 Å². The third-order valence-corrected chi connectivity index (χ3v) is 2.30. The van der Waals surface area contributed by atoms with Gasteiger partial charge >= 0.3 is 11.9 Å². The van der Waals surface area contributed by atoms with Gasteiger partial charge in [-0.1, -0.05) is 0 Å². The van der Waals surface area contributed by atoms with Crippen molar-refractivity contribution in [3.63, 3.8) is 0 Å². The Morgan fingerprint density at radius 3 is 2.00 bits per heavy atom. The van der Waals surface area contributed by atoms with Crippen molar-refractivity contribution in [2.45, 2.75) is 65.4 Å². The molecule has 21 heavy (non-hydrogen) atoms. The molecule has 0 aliphatic rings. The fourth-order valence-corrected chi connectivity index (χ4v) is 1.57. The van der Waals surface area contributed by atoms with Crippen LogP contribution in [-0.4, -0.2) is 35.7 Å². The summed E-state index contributed by atoms with van der Waals surface area (Å²) in [6.45, 7) is 7.13. The lowest BCUT2D eigenvalue weighted by Gasteiger charge is -2.19. The van der Waals surface area contributed by atoms with Crippen LogP contribution in [0.5, 0.6) is 0 Å². The van der Waals surface area contributed by atoms with Crippen LogP contribution in [0.2, 0.25) is 0 Å². The number of esters is 2. The summed E-state index contributed by atoms with van der Waals surface area (Å²) in [5.74, 6) is -1.74. The third kappa shape index (κ3) is 11.8. The van der Waals surface area contributed by atoms with Crippen molar-refractivity contribution in [3.8, 4) is 0 Å². The fraction of sp³-hybridized carbons (Fsp3) is 0.733. The number of rotatable bonds is 9. The van der Waals surface area contributed by atoms with Crippen molar-refractivity contribution in [1.29, 1.82) is 0 Å². The molecule has 0 aromatic rings. The van der Waals surface area contributed by atoms with E-state index in [1.165, 1.54) is 0 Å².